The lowest BCUT2D eigenvalue weighted by molar-refractivity contribution is 0.444. The molecule has 0 aromatic carbocycles. The molecule has 0 N–H and O–H groups in total. The molecule has 0 spiro atoms. The summed E-state index contributed by atoms with van der Waals surface area (Å²) >= 11 is 5.84. The second kappa shape index (κ2) is 3.75. The van der Waals surface area contributed by atoms with Crippen LogP contribution in [0.2, 0.25) is 0 Å². The van der Waals surface area contributed by atoms with Gasteiger partial charge in [0.15, 0.2) is 0 Å². The number of hydrogen-bond donors (Lipinski definition) is 0. The van der Waals surface area contributed by atoms with Gasteiger partial charge in [0.05, 0.1) is 6.04 Å². The smallest absolute Gasteiger partial charge is 0.211 e. The molecule has 0 atom stereocenters. The van der Waals surface area contributed by atoms with E-state index in [4.69, 9.17) is 11.6 Å². The molecule has 1 rings (SSSR count). The van der Waals surface area contributed by atoms with Crippen molar-refractivity contribution in [3.63, 3.8) is 0 Å². The highest BCUT2D eigenvalue weighted by atomic mass is 35.5. The van der Waals surface area contributed by atoms with E-state index >= 15 is 0 Å². The fourth-order valence-corrected chi connectivity index (χ4v) is 1.49. The van der Waals surface area contributed by atoms with Gasteiger partial charge in [0.25, 0.3) is 0 Å². The number of rotatable bonds is 1. The summed E-state index contributed by atoms with van der Waals surface area (Å²) < 4.78 is 0. The van der Waals surface area contributed by atoms with E-state index in [1.165, 1.54) is 0 Å². The van der Waals surface area contributed by atoms with E-state index in [1.54, 1.807) is 6.08 Å². The predicted octanol–water partition coefficient (Wildman–Crippen LogP) is 1.87. The molecule has 1 fully saturated rings. The van der Waals surface area contributed by atoms with Gasteiger partial charge in [-0.1, -0.05) is 0 Å². The van der Waals surface area contributed by atoms with Crippen molar-refractivity contribution in [3.05, 3.63) is 0 Å². The Bertz CT molecular complexity index is 146. The van der Waals surface area contributed by atoms with Crippen LogP contribution >= 0.6 is 11.6 Å². The number of carbonyl (C=O) groups excluding carboxylic acids is 1. The molecule has 0 saturated heterocycles. The highest BCUT2D eigenvalue weighted by Crippen LogP contribution is 2.24. The third-order valence-corrected chi connectivity index (χ3v) is 2.30. The maximum absolute atomic E-state index is 9.83. The molecular formula is C7H10ClNO. The van der Waals surface area contributed by atoms with E-state index in [0.29, 0.717) is 5.38 Å². The number of alkyl halides is 1. The van der Waals surface area contributed by atoms with Gasteiger partial charge in [0.1, 0.15) is 0 Å². The summed E-state index contributed by atoms with van der Waals surface area (Å²) in [6.07, 6.45) is 5.45. The summed E-state index contributed by atoms with van der Waals surface area (Å²) in [5.74, 6) is 0. The van der Waals surface area contributed by atoms with Crippen LogP contribution in [-0.2, 0) is 4.79 Å². The van der Waals surface area contributed by atoms with E-state index in [-0.39, 0.29) is 6.04 Å². The first-order valence-corrected chi connectivity index (χ1v) is 3.97. The van der Waals surface area contributed by atoms with Crippen LogP contribution in [0.1, 0.15) is 25.7 Å². The van der Waals surface area contributed by atoms with Crippen molar-refractivity contribution in [2.45, 2.75) is 37.1 Å². The number of halogens is 1. The Morgan fingerprint density at radius 1 is 1.30 bits per heavy atom. The maximum atomic E-state index is 9.83. The molecule has 0 radical (unpaired) electrons. The number of aliphatic imine (C=N–C) groups is 1. The average molecular weight is 160 g/mol. The van der Waals surface area contributed by atoms with Gasteiger partial charge in [-0.2, -0.15) is 0 Å². The zero-order valence-electron chi connectivity index (χ0n) is 5.72. The fraction of sp³-hybridized carbons (Fsp3) is 0.857. The molecule has 0 amide bonds. The minimum atomic E-state index is 0.201. The molecule has 0 aromatic rings. The molecule has 1 aliphatic rings. The first-order valence-electron chi connectivity index (χ1n) is 3.54. The van der Waals surface area contributed by atoms with Crippen molar-refractivity contribution >= 4 is 17.7 Å². The number of isocyanates is 1. The topological polar surface area (TPSA) is 29.4 Å². The summed E-state index contributed by atoms with van der Waals surface area (Å²) in [5.41, 5.74) is 0. The van der Waals surface area contributed by atoms with Crippen LogP contribution in [0.5, 0.6) is 0 Å². The van der Waals surface area contributed by atoms with Crippen LogP contribution in [0.15, 0.2) is 4.99 Å². The van der Waals surface area contributed by atoms with Gasteiger partial charge in [0.2, 0.25) is 6.08 Å². The van der Waals surface area contributed by atoms with E-state index < -0.39 is 0 Å². The van der Waals surface area contributed by atoms with Crippen molar-refractivity contribution in [2.75, 3.05) is 0 Å². The molecule has 1 aliphatic carbocycles. The van der Waals surface area contributed by atoms with Crippen LogP contribution in [-0.4, -0.2) is 17.5 Å². The van der Waals surface area contributed by atoms with Gasteiger partial charge in [-0.3, -0.25) is 0 Å². The Morgan fingerprint density at radius 3 is 2.40 bits per heavy atom. The largest absolute Gasteiger partial charge is 0.235 e. The lowest BCUT2D eigenvalue weighted by atomic mass is 9.96. The molecule has 0 aromatic heterocycles. The highest BCUT2D eigenvalue weighted by Gasteiger charge is 2.18. The first-order chi connectivity index (χ1) is 4.83. The van der Waals surface area contributed by atoms with Crippen LogP contribution in [0.3, 0.4) is 0 Å². The minimum absolute atomic E-state index is 0.201. The summed E-state index contributed by atoms with van der Waals surface area (Å²) in [4.78, 5) is 13.5. The summed E-state index contributed by atoms with van der Waals surface area (Å²) in [7, 11) is 0. The van der Waals surface area contributed by atoms with Gasteiger partial charge in [0, 0.05) is 5.38 Å². The monoisotopic (exact) mass is 159 g/mol. The first kappa shape index (κ1) is 7.77. The molecule has 10 heavy (non-hydrogen) atoms. The van der Waals surface area contributed by atoms with Crippen molar-refractivity contribution in [1.82, 2.24) is 0 Å². The molecular weight excluding hydrogens is 150 g/mol. The number of nitrogens with zero attached hydrogens (tertiary/aromatic N) is 1. The van der Waals surface area contributed by atoms with E-state index in [9.17, 15) is 4.79 Å². The second-order valence-corrected chi connectivity index (χ2v) is 3.24. The third-order valence-electron chi connectivity index (χ3n) is 1.86. The average Bonchev–Trinajstić information content (AvgIpc) is 1.95. The minimum Gasteiger partial charge on any atom is -0.211 e. The lowest BCUT2D eigenvalue weighted by Gasteiger charge is -2.19. The Balaban J connectivity index is 2.32. The van der Waals surface area contributed by atoms with E-state index in [1.807, 2.05) is 0 Å². The third kappa shape index (κ3) is 2.13. The quantitative estimate of drug-likeness (QED) is 0.326. The zero-order valence-corrected chi connectivity index (χ0v) is 6.47. The van der Waals surface area contributed by atoms with Gasteiger partial charge in [-0.05, 0) is 25.7 Å². The van der Waals surface area contributed by atoms with E-state index in [2.05, 4.69) is 4.99 Å². The Morgan fingerprint density at radius 2 is 1.90 bits per heavy atom. The lowest BCUT2D eigenvalue weighted by Crippen LogP contribution is -2.16. The molecule has 0 heterocycles. The maximum Gasteiger partial charge on any atom is 0.235 e. The van der Waals surface area contributed by atoms with Crippen LogP contribution < -0.4 is 0 Å². The molecule has 56 valence electrons. The van der Waals surface area contributed by atoms with Crippen molar-refractivity contribution in [2.24, 2.45) is 4.99 Å². The molecule has 1 saturated carbocycles. The molecule has 3 heteroatoms. The molecule has 0 unspecified atom stereocenters. The van der Waals surface area contributed by atoms with Gasteiger partial charge in [-0.25, -0.2) is 9.79 Å². The fourth-order valence-electron chi connectivity index (χ4n) is 1.24. The molecule has 0 bridgehead atoms. The van der Waals surface area contributed by atoms with E-state index in [0.717, 1.165) is 25.7 Å². The standard InChI is InChI=1S/C7H10ClNO/c8-6-1-3-7(4-2-6)9-5-10/h6-7H,1-4H2. The van der Waals surface area contributed by atoms with Crippen LogP contribution in [0.4, 0.5) is 0 Å². The zero-order chi connectivity index (χ0) is 7.40. The highest BCUT2D eigenvalue weighted by molar-refractivity contribution is 6.20. The van der Waals surface area contributed by atoms with Crippen molar-refractivity contribution in [1.29, 1.82) is 0 Å². The van der Waals surface area contributed by atoms with Crippen molar-refractivity contribution < 1.29 is 4.79 Å². The Hall–Kier alpha value is -0.330. The van der Waals surface area contributed by atoms with Crippen LogP contribution in [0.25, 0.3) is 0 Å². The predicted molar refractivity (Wildman–Crippen MR) is 40.0 cm³/mol. The molecule has 2 nitrogen and oxygen atoms in total. The molecule has 0 aliphatic heterocycles. The van der Waals surface area contributed by atoms with Gasteiger partial charge in [-0.15, -0.1) is 11.6 Å². The summed E-state index contributed by atoms with van der Waals surface area (Å²) in [5, 5.41) is 0.304. The normalized spacial score (nSPS) is 32.9. The summed E-state index contributed by atoms with van der Waals surface area (Å²) in [6.45, 7) is 0. The van der Waals surface area contributed by atoms with Gasteiger partial charge < -0.3 is 0 Å². The summed E-state index contributed by atoms with van der Waals surface area (Å²) in [6, 6.07) is 0.201. The Labute approximate surface area is 65.3 Å². The second-order valence-electron chi connectivity index (χ2n) is 2.63. The van der Waals surface area contributed by atoms with Gasteiger partial charge >= 0.3 is 0 Å². The van der Waals surface area contributed by atoms with Crippen LogP contribution in [0, 0.1) is 0 Å². The SMILES string of the molecule is O=C=NC1CCC(Cl)CC1. The Kier molecular flexibility index (Phi) is 2.91. The number of hydrogen-bond acceptors (Lipinski definition) is 2. The van der Waals surface area contributed by atoms with Crippen molar-refractivity contribution in [3.8, 4) is 0 Å².